The summed E-state index contributed by atoms with van der Waals surface area (Å²) >= 11 is 2.80. The first-order chi connectivity index (χ1) is 11.5. The van der Waals surface area contributed by atoms with Crippen LogP contribution in [0.1, 0.15) is 18.2 Å². The van der Waals surface area contributed by atoms with Gasteiger partial charge in [0.2, 0.25) is 0 Å². The van der Waals surface area contributed by atoms with Gasteiger partial charge in [-0.2, -0.15) is 0 Å². The number of carbonyl (C=O) groups excluding carboxylic acids is 1. The SMILES string of the molecule is COC(=O)C(C)Sc1nc2c(c(=O)n1-c1ccc(C)cc1)SCC2. The van der Waals surface area contributed by atoms with Gasteiger partial charge in [-0.25, -0.2) is 4.98 Å². The van der Waals surface area contributed by atoms with E-state index >= 15 is 0 Å². The van der Waals surface area contributed by atoms with Crippen LogP contribution in [0, 0.1) is 6.92 Å². The Hall–Kier alpha value is -1.73. The third-order valence-corrected chi connectivity index (χ3v) is 5.91. The molecule has 0 spiro atoms. The first-order valence-corrected chi connectivity index (χ1v) is 9.48. The second kappa shape index (κ2) is 7.03. The molecule has 1 unspecified atom stereocenters. The van der Waals surface area contributed by atoms with Gasteiger partial charge in [-0.3, -0.25) is 14.2 Å². The summed E-state index contributed by atoms with van der Waals surface area (Å²) in [7, 11) is 1.36. The Labute approximate surface area is 148 Å². The Bertz CT molecular complexity index is 831. The number of aromatic nitrogens is 2. The molecule has 1 aliphatic heterocycles. The number of aryl methyl sites for hydroxylation is 2. The lowest BCUT2D eigenvalue weighted by atomic mass is 10.2. The van der Waals surface area contributed by atoms with Crippen molar-refractivity contribution >= 4 is 29.5 Å². The van der Waals surface area contributed by atoms with Gasteiger partial charge in [-0.05, 0) is 26.0 Å². The minimum Gasteiger partial charge on any atom is -0.468 e. The summed E-state index contributed by atoms with van der Waals surface area (Å²) in [5.74, 6) is 0.533. The fraction of sp³-hybridized carbons (Fsp3) is 0.353. The Morgan fingerprint density at radius 1 is 1.38 bits per heavy atom. The lowest BCUT2D eigenvalue weighted by Crippen LogP contribution is -2.25. The number of esters is 1. The predicted molar refractivity (Wildman–Crippen MR) is 96.3 cm³/mol. The van der Waals surface area contributed by atoms with Crippen molar-refractivity contribution in [1.29, 1.82) is 0 Å². The van der Waals surface area contributed by atoms with Crippen molar-refractivity contribution in [1.82, 2.24) is 9.55 Å². The van der Waals surface area contributed by atoms with E-state index in [1.54, 1.807) is 23.3 Å². The Morgan fingerprint density at radius 3 is 2.75 bits per heavy atom. The molecule has 1 atom stereocenters. The number of rotatable bonds is 4. The number of carbonyl (C=O) groups is 1. The monoisotopic (exact) mass is 362 g/mol. The van der Waals surface area contributed by atoms with Crippen LogP contribution in [0.25, 0.3) is 5.69 Å². The van der Waals surface area contributed by atoms with Gasteiger partial charge in [0.15, 0.2) is 5.16 Å². The van der Waals surface area contributed by atoms with E-state index in [2.05, 4.69) is 4.98 Å². The van der Waals surface area contributed by atoms with Crippen LogP contribution < -0.4 is 5.56 Å². The maximum absolute atomic E-state index is 13.0. The number of nitrogens with zero attached hydrogens (tertiary/aromatic N) is 2. The van der Waals surface area contributed by atoms with Gasteiger partial charge >= 0.3 is 5.97 Å². The molecule has 3 rings (SSSR count). The Morgan fingerprint density at radius 2 is 2.08 bits per heavy atom. The summed E-state index contributed by atoms with van der Waals surface area (Å²) in [6.07, 6.45) is 0.782. The zero-order valence-corrected chi connectivity index (χ0v) is 15.4. The molecule has 1 aromatic heterocycles. The van der Waals surface area contributed by atoms with Gasteiger partial charge in [0.05, 0.1) is 23.4 Å². The smallest absolute Gasteiger partial charge is 0.318 e. The average molecular weight is 362 g/mol. The van der Waals surface area contributed by atoms with Crippen molar-refractivity contribution in [2.45, 2.75) is 35.6 Å². The highest BCUT2D eigenvalue weighted by atomic mass is 32.2. The molecule has 126 valence electrons. The molecule has 0 bridgehead atoms. The van der Waals surface area contributed by atoms with E-state index in [-0.39, 0.29) is 11.5 Å². The molecule has 2 heterocycles. The van der Waals surface area contributed by atoms with Gasteiger partial charge in [-0.15, -0.1) is 11.8 Å². The van der Waals surface area contributed by atoms with Gasteiger partial charge < -0.3 is 4.74 Å². The normalized spacial score (nSPS) is 14.3. The molecule has 0 N–H and O–H groups in total. The maximum atomic E-state index is 13.0. The van der Waals surface area contributed by atoms with Crippen LogP contribution >= 0.6 is 23.5 Å². The third kappa shape index (κ3) is 3.23. The van der Waals surface area contributed by atoms with Crippen molar-refractivity contribution < 1.29 is 9.53 Å². The first kappa shape index (κ1) is 17.1. The summed E-state index contributed by atoms with van der Waals surface area (Å²) in [5, 5.41) is 0.0914. The number of hydrogen-bond donors (Lipinski definition) is 0. The number of benzene rings is 1. The topological polar surface area (TPSA) is 61.2 Å². The van der Waals surface area contributed by atoms with Crippen LogP contribution in [0.4, 0.5) is 0 Å². The molecule has 0 fully saturated rings. The standard InChI is InChI=1S/C17H18N2O3S2/c1-10-4-6-12(7-5-10)19-15(20)14-13(8-9-23-14)18-17(19)24-11(2)16(21)22-3/h4-7,11H,8-9H2,1-3H3. The minimum absolute atomic E-state index is 0.0640. The molecular weight excluding hydrogens is 344 g/mol. The van der Waals surface area contributed by atoms with Gasteiger partial charge in [0, 0.05) is 12.2 Å². The zero-order chi connectivity index (χ0) is 17.3. The number of hydrogen-bond acceptors (Lipinski definition) is 6. The van der Waals surface area contributed by atoms with Crippen LogP contribution in [0.2, 0.25) is 0 Å². The van der Waals surface area contributed by atoms with Crippen molar-refractivity contribution in [2.24, 2.45) is 0 Å². The lowest BCUT2D eigenvalue weighted by Gasteiger charge is -2.16. The Kier molecular flexibility index (Phi) is 5.01. The largest absolute Gasteiger partial charge is 0.468 e. The molecule has 5 nitrogen and oxygen atoms in total. The van der Waals surface area contributed by atoms with Gasteiger partial charge in [0.25, 0.3) is 5.56 Å². The van der Waals surface area contributed by atoms with Crippen LogP contribution in [-0.2, 0) is 16.0 Å². The molecule has 7 heteroatoms. The van der Waals surface area contributed by atoms with Crippen molar-refractivity contribution in [2.75, 3.05) is 12.9 Å². The lowest BCUT2D eigenvalue weighted by molar-refractivity contribution is -0.139. The van der Waals surface area contributed by atoms with Crippen molar-refractivity contribution in [3.8, 4) is 5.69 Å². The van der Waals surface area contributed by atoms with E-state index in [1.165, 1.54) is 18.9 Å². The number of thioether (sulfide) groups is 2. The first-order valence-electron chi connectivity index (χ1n) is 7.61. The maximum Gasteiger partial charge on any atom is 0.318 e. The zero-order valence-electron chi connectivity index (χ0n) is 13.7. The molecule has 0 radical (unpaired) electrons. The quantitative estimate of drug-likeness (QED) is 0.473. The summed E-state index contributed by atoms with van der Waals surface area (Å²) in [5.41, 5.74) is 2.64. The second-order valence-electron chi connectivity index (χ2n) is 5.53. The van der Waals surface area contributed by atoms with E-state index in [1.807, 2.05) is 31.2 Å². The predicted octanol–water partition coefficient (Wildman–Crippen LogP) is 2.84. The van der Waals surface area contributed by atoms with Crippen LogP contribution in [-0.4, -0.2) is 33.6 Å². The molecule has 24 heavy (non-hydrogen) atoms. The van der Waals surface area contributed by atoms with E-state index < -0.39 is 5.25 Å². The van der Waals surface area contributed by atoms with E-state index in [0.717, 1.165) is 29.1 Å². The van der Waals surface area contributed by atoms with E-state index in [4.69, 9.17) is 4.74 Å². The molecular formula is C17H18N2O3S2. The fourth-order valence-corrected chi connectivity index (χ4v) is 4.46. The van der Waals surface area contributed by atoms with Crippen LogP contribution in [0.15, 0.2) is 39.1 Å². The van der Waals surface area contributed by atoms with Crippen molar-refractivity contribution in [3.63, 3.8) is 0 Å². The molecule has 1 aromatic carbocycles. The van der Waals surface area contributed by atoms with Crippen LogP contribution in [0.5, 0.6) is 0 Å². The molecule has 0 saturated heterocycles. The summed E-state index contributed by atoms with van der Waals surface area (Å²) in [6, 6.07) is 7.72. The van der Waals surface area contributed by atoms with Crippen LogP contribution in [0.3, 0.4) is 0 Å². The van der Waals surface area contributed by atoms with Gasteiger partial charge in [0.1, 0.15) is 5.25 Å². The average Bonchev–Trinajstić information content (AvgIpc) is 3.04. The molecule has 0 saturated carbocycles. The fourth-order valence-electron chi connectivity index (χ4n) is 2.47. The second-order valence-corrected chi connectivity index (χ2v) is 7.94. The highest BCUT2D eigenvalue weighted by molar-refractivity contribution is 8.00. The van der Waals surface area contributed by atoms with Gasteiger partial charge in [-0.1, -0.05) is 29.5 Å². The van der Waals surface area contributed by atoms with Crippen molar-refractivity contribution in [3.05, 3.63) is 45.9 Å². The molecule has 2 aromatic rings. The van der Waals surface area contributed by atoms with E-state index in [9.17, 15) is 9.59 Å². The summed E-state index contributed by atoms with van der Waals surface area (Å²) < 4.78 is 6.39. The number of fused-ring (bicyclic) bond motifs is 1. The highest BCUT2D eigenvalue weighted by Gasteiger charge is 2.25. The number of methoxy groups -OCH3 is 1. The highest BCUT2D eigenvalue weighted by Crippen LogP contribution is 2.31. The third-order valence-electron chi connectivity index (χ3n) is 3.77. The number of ether oxygens (including phenoxy) is 1. The summed E-state index contributed by atoms with van der Waals surface area (Å²) in [6.45, 7) is 3.75. The molecule has 0 aliphatic carbocycles. The summed E-state index contributed by atoms with van der Waals surface area (Å²) in [4.78, 5) is 30.1. The molecule has 0 amide bonds. The minimum atomic E-state index is -0.439. The molecule has 1 aliphatic rings. The van der Waals surface area contributed by atoms with E-state index in [0.29, 0.717) is 10.1 Å². The Balaban J connectivity index is 2.12.